The Labute approximate surface area is 174 Å². The van der Waals surface area contributed by atoms with Gasteiger partial charge in [-0.25, -0.2) is 4.79 Å². The molecule has 2 aromatic carbocycles. The fourth-order valence-corrected chi connectivity index (χ4v) is 4.40. The summed E-state index contributed by atoms with van der Waals surface area (Å²) in [6.07, 6.45) is 0. The molecule has 1 heterocycles. The Morgan fingerprint density at radius 1 is 1.22 bits per heavy atom. The van der Waals surface area contributed by atoms with Crippen molar-refractivity contribution in [2.75, 3.05) is 19.0 Å². The van der Waals surface area contributed by atoms with E-state index in [2.05, 4.69) is 37.2 Å². The number of rotatable bonds is 6. The highest BCUT2D eigenvalue weighted by molar-refractivity contribution is 9.11. The van der Waals surface area contributed by atoms with Crippen molar-refractivity contribution in [3.05, 3.63) is 56.2 Å². The highest BCUT2D eigenvalue weighted by Gasteiger charge is 2.26. The first-order valence-electron chi connectivity index (χ1n) is 8.41. The SMILES string of the molecule is CCOC(=O)c1c(CNc2ccc(C)cc2)oc2cc(Br)c(OC)c(Br)c12. The number of esters is 1. The van der Waals surface area contributed by atoms with Gasteiger partial charge in [-0.1, -0.05) is 17.7 Å². The van der Waals surface area contributed by atoms with Crippen LogP contribution >= 0.6 is 31.9 Å². The molecule has 0 spiro atoms. The number of carbonyl (C=O) groups is 1. The summed E-state index contributed by atoms with van der Waals surface area (Å²) in [4.78, 5) is 12.7. The Hall–Kier alpha value is -1.99. The Kier molecular flexibility index (Phi) is 6.11. The van der Waals surface area contributed by atoms with Crippen LogP contribution in [0.5, 0.6) is 5.75 Å². The molecular weight excluding hydrogens is 478 g/mol. The van der Waals surface area contributed by atoms with E-state index < -0.39 is 5.97 Å². The van der Waals surface area contributed by atoms with Crippen LogP contribution in [-0.4, -0.2) is 19.7 Å². The maximum Gasteiger partial charge on any atom is 0.342 e. The maximum absolute atomic E-state index is 12.7. The zero-order valence-electron chi connectivity index (χ0n) is 15.2. The fraction of sp³-hybridized carbons (Fsp3) is 0.250. The first-order valence-corrected chi connectivity index (χ1v) is 9.99. The summed E-state index contributed by atoms with van der Waals surface area (Å²) in [5.41, 5.74) is 3.08. The molecule has 5 nitrogen and oxygen atoms in total. The molecule has 3 rings (SSSR count). The zero-order valence-corrected chi connectivity index (χ0v) is 18.4. The predicted molar refractivity (Wildman–Crippen MR) is 113 cm³/mol. The molecule has 0 bridgehead atoms. The minimum Gasteiger partial charge on any atom is -0.494 e. The first-order chi connectivity index (χ1) is 13.0. The van der Waals surface area contributed by atoms with Crippen LogP contribution in [0.15, 0.2) is 43.7 Å². The minimum atomic E-state index is -0.429. The highest BCUT2D eigenvalue weighted by atomic mass is 79.9. The molecule has 0 saturated heterocycles. The third-order valence-electron chi connectivity index (χ3n) is 4.09. The van der Waals surface area contributed by atoms with Gasteiger partial charge in [-0.3, -0.25) is 0 Å². The minimum absolute atomic E-state index is 0.279. The number of nitrogens with one attached hydrogen (secondary N) is 1. The normalized spacial score (nSPS) is 10.9. The van der Waals surface area contributed by atoms with Crippen LogP contribution in [0.3, 0.4) is 0 Å². The van der Waals surface area contributed by atoms with E-state index in [1.54, 1.807) is 20.1 Å². The van der Waals surface area contributed by atoms with Crippen molar-refractivity contribution in [1.29, 1.82) is 0 Å². The van der Waals surface area contributed by atoms with E-state index in [4.69, 9.17) is 13.9 Å². The quantitative estimate of drug-likeness (QED) is 0.420. The second-order valence-corrected chi connectivity index (χ2v) is 7.57. The van der Waals surface area contributed by atoms with Gasteiger partial charge in [-0.05, 0) is 63.9 Å². The fourth-order valence-electron chi connectivity index (χ4n) is 2.80. The van der Waals surface area contributed by atoms with Gasteiger partial charge in [-0.15, -0.1) is 0 Å². The molecule has 0 unspecified atom stereocenters. The van der Waals surface area contributed by atoms with Crippen LogP contribution in [0.4, 0.5) is 5.69 Å². The second kappa shape index (κ2) is 8.35. The van der Waals surface area contributed by atoms with Gasteiger partial charge in [0.2, 0.25) is 0 Å². The van der Waals surface area contributed by atoms with Crippen LogP contribution in [-0.2, 0) is 11.3 Å². The van der Waals surface area contributed by atoms with Crippen molar-refractivity contribution in [2.24, 2.45) is 0 Å². The standard InChI is InChI=1S/C20H19Br2NO4/c1-4-26-20(24)17-15(10-23-12-7-5-11(2)6-8-12)27-14-9-13(21)19(25-3)18(22)16(14)17/h5-9,23H,4,10H2,1-3H3. The average Bonchev–Trinajstić information content (AvgIpc) is 3.00. The van der Waals surface area contributed by atoms with Crippen molar-refractivity contribution in [1.82, 2.24) is 0 Å². The highest BCUT2D eigenvalue weighted by Crippen LogP contribution is 2.43. The van der Waals surface area contributed by atoms with Crippen molar-refractivity contribution in [2.45, 2.75) is 20.4 Å². The average molecular weight is 497 g/mol. The molecule has 0 aliphatic rings. The van der Waals surface area contributed by atoms with Gasteiger partial charge >= 0.3 is 5.97 Å². The second-order valence-electron chi connectivity index (χ2n) is 5.92. The summed E-state index contributed by atoms with van der Waals surface area (Å²) >= 11 is 7.00. The molecule has 0 saturated carbocycles. The lowest BCUT2D eigenvalue weighted by molar-refractivity contribution is 0.0526. The molecule has 0 aliphatic heterocycles. The zero-order chi connectivity index (χ0) is 19.6. The van der Waals surface area contributed by atoms with Crippen molar-refractivity contribution in [3.63, 3.8) is 0 Å². The molecule has 1 aromatic heterocycles. The number of halogens is 2. The van der Waals surface area contributed by atoms with Gasteiger partial charge in [-0.2, -0.15) is 0 Å². The molecule has 0 radical (unpaired) electrons. The third-order valence-corrected chi connectivity index (χ3v) is 5.44. The van der Waals surface area contributed by atoms with E-state index in [1.807, 2.05) is 31.2 Å². The van der Waals surface area contributed by atoms with E-state index in [1.165, 1.54) is 5.56 Å². The Bertz CT molecular complexity index is 980. The van der Waals surface area contributed by atoms with Crippen molar-refractivity contribution < 1.29 is 18.7 Å². The summed E-state index contributed by atoms with van der Waals surface area (Å²) < 4.78 is 18.1. The van der Waals surface area contributed by atoms with Gasteiger partial charge in [0.1, 0.15) is 22.7 Å². The lowest BCUT2D eigenvalue weighted by Gasteiger charge is -2.08. The van der Waals surface area contributed by atoms with E-state index in [9.17, 15) is 4.79 Å². The van der Waals surface area contributed by atoms with Crippen LogP contribution < -0.4 is 10.1 Å². The number of hydrogen-bond acceptors (Lipinski definition) is 5. The van der Waals surface area contributed by atoms with E-state index in [0.29, 0.717) is 39.1 Å². The molecule has 7 heteroatoms. The van der Waals surface area contributed by atoms with Crippen LogP contribution in [0.25, 0.3) is 11.0 Å². The lowest BCUT2D eigenvalue weighted by atomic mass is 10.1. The largest absolute Gasteiger partial charge is 0.494 e. The number of methoxy groups -OCH3 is 1. The van der Waals surface area contributed by atoms with Crippen molar-refractivity contribution >= 4 is 54.5 Å². The summed E-state index contributed by atoms with van der Waals surface area (Å²) in [5.74, 6) is 0.666. The number of ether oxygens (including phenoxy) is 2. The Morgan fingerprint density at radius 2 is 1.93 bits per heavy atom. The number of aryl methyl sites for hydroxylation is 1. The Morgan fingerprint density at radius 3 is 2.56 bits per heavy atom. The molecule has 3 aromatic rings. The summed E-state index contributed by atoms with van der Waals surface area (Å²) in [6.45, 7) is 4.43. The van der Waals surface area contributed by atoms with Gasteiger partial charge in [0.05, 0.1) is 34.6 Å². The van der Waals surface area contributed by atoms with E-state index in [-0.39, 0.29) is 6.61 Å². The first kappa shape index (κ1) is 19.8. The summed E-state index contributed by atoms with van der Waals surface area (Å²) in [7, 11) is 1.57. The number of fused-ring (bicyclic) bond motifs is 1. The predicted octanol–water partition coefficient (Wildman–Crippen LogP) is 6.06. The van der Waals surface area contributed by atoms with Gasteiger partial charge in [0.15, 0.2) is 0 Å². The molecule has 142 valence electrons. The van der Waals surface area contributed by atoms with Gasteiger partial charge in [0, 0.05) is 5.69 Å². The van der Waals surface area contributed by atoms with Gasteiger partial charge in [0.25, 0.3) is 0 Å². The Balaban J connectivity index is 2.07. The maximum atomic E-state index is 12.7. The molecule has 0 amide bonds. The topological polar surface area (TPSA) is 60.7 Å². The van der Waals surface area contributed by atoms with Crippen molar-refractivity contribution in [3.8, 4) is 5.75 Å². The van der Waals surface area contributed by atoms with Crippen LogP contribution in [0, 0.1) is 6.92 Å². The number of hydrogen-bond donors (Lipinski definition) is 1. The molecule has 0 fully saturated rings. The lowest BCUT2D eigenvalue weighted by Crippen LogP contribution is -2.09. The van der Waals surface area contributed by atoms with Gasteiger partial charge < -0.3 is 19.2 Å². The van der Waals surface area contributed by atoms with E-state index in [0.717, 1.165) is 10.2 Å². The summed E-state index contributed by atoms with van der Waals surface area (Å²) in [5, 5.41) is 3.92. The monoisotopic (exact) mass is 495 g/mol. The molecule has 0 atom stereocenters. The molecule has 27 heavy (non-hydrogen) atoms. The molecule has 1 N–H and O–H groups in total. The number of benzene rings is 2. The van der Waals surface area contributed by atoms with Crippen LogP contribution in [0.2, 0.25) is 0 Å². The number of anilines is 1. The number of furan rings is 1. The molecule has 0 aliphatic carbocycles. The van der Waals surface area contributed by atoms with E-state index >= 15 is 0 Å². The third kappa shape index (κ3) is 3.99. The summed E-state index contributed by atoms with van der Waals surface area (Å²) in [6, 6.07) is 9.80. The molecular formula is C20H19Br2NO4. The smallest absolute Gasteiger partial charge is 0.342 e. The number of carbonyl (C=O) groups excluding carboxylic acids is 1. The van der Waals surface area contributed by atoms with Crippen LogP contribution in [0.1, 0.15) is 28.6 Å².